The summed E-state index contributed by atoms with van der Waals surface area (Å²) in [4.78, 5) is 11.9. The van der Waals surface area contributed by atoms with Crippen LogP contribution in [0.1, 0.15) is 39.0 Å². The van der Waals surface area contributed by atoms with E-state index in [2.05, 4.69) is 6.92 Å². The molecule has 2 atom stereocenters. The normalized spacial score (nSPS) is 34.1. The average molecular weight is 193 g/mol. The van der Waals surface area contributed by atoms with E-state index in [0.717, 1.165) is 12.8 Å². The Morgan fingerprint density at radius 2 is 2.21 bits per heavy atom. The molecule has 2 aliphatic carbocycles. The van der Waals surface area contributed by atoms with Crippen LogP contribution in [0.3, 0.4) is 0 Å². The van der Waals surface area contributed by atoms with Crippen LogP contribution in [0.5, 0.6) is 0 Å². The van der Waals surface area contributed by atoms with E-state index in [1.54, 1.807) is 0 Å². The minimum absolute atomic E-state index is 0.109. The Bertz CT molecular complexity index is 265. The van der Waals surface area contributed by atoms with Gasteiger partial charge in [-0.2, -0.15) is 0 Å². The zero-order chi connectivity index (χ0) is 10.2. The molecule has 0 aromatic heterocycles. The smallest absolute Gasteiger partial charge is 0.140 e. The van der Waals surface area contributed by atoms with Gasteiger partial charge in [0.25, 0.3) is 0 Å². The monoisotopic (exact) mass is 193 g/mol. The minimum atomic E-state index is 0.109. The van der Waals surface area contributed by atoms with Crippen molar-refractivity contribution in [3.63, 3.8) is 0 Å². The molecular formula is C12H19NO. The Balaban J connectivity index is 1.87. The quantitative estimate of drug-likeness (QED) is 0.697. The molecule has 0 spiro atoms. The van der Waals surface area contributed by atoms with Crippen LogP contribution in [0.2, 0.25) is 0 Å². The van der Waals surface area contributed by atoms with Gasteiger partial charge < -0.3 is 5.73 Å². The Morgan fingerprint density at radius 3 is 2.64 bits per heavy atom. The number of carbonyl (C=O) groups excluding carboxylic acids is 1. The van der Waals surface area contributed by atoms with Crippen LogP contribution in [0.25, 0.3) is 0 Å². The van der Waals surface area contributed by atoms with Crippen LogP contribution in [-0.4, -0.2) is 11.8 Å². The molecule has 0 bridgehead atoms. The third kappa shape index (κ3) is 1.90. The maximum atomic E-state index is 11.9. The number of hydrogen-bond acceptors (Lipinski definition) is 2. The van der Waals surface area contributed by atoms with Crippen LogP contribution in [-0.2, 0) is 4.79 Å². The zero-order valence-electron chi connectivity index (χ0n) is 8.83. The van der Waals surface area contributed by atoms with E-state index in [4.69, 9.17) is 5.73 Å². The van der Waals surface area contributed by atoms with Gasteiger partial charge in [-0.15, -0.1) is 0 Å². The average Bonchev–Trinajstić information content (AvgIpc) is 2.49. The van der Waals surface area contributed by atoms with Gasteiger partial charge in [-0.05, 0) is 24.7 Å². The third-order valence-electron chi connectivity index (χ3n) is 3.69. The van der Waals surface area contributed by atoms with E-state index >= 15 is 0 Å². The van der Waals surface area contributed by atoms with Gasteiger partial charge in [-0.1, -0.05) is 25.5 Å². The number of Topliss-reactive ketones (excluding diaryl/α,β-unsaturated/α-hetero) is 1. The second kappa shape index (κ2) is 3.50. The maximum absolute atomic E-state index is 11.9. The lowest BCUT2D eigenvalue weighted by Crippen LogP contribution is -2.31. The minimum Gasteiger partial charge on any atom is -0.324 e. The molecule has 2 unspecified atom stereocenters. The summed E-state index contributed by atoms with van der Waals surface area (Å²) in [5.74, 6) is 0.513. The number of rotatable bonds is 3. The first kappa shape index (κ1) is 9.91. The molecule has 2 aliphatic rings. The first-order valence-corrected chi connectivity index (χ1v) is 5.56. The Morgan fingerprint density at radius 1 is 1.50 bits per heavy atom. The largest absolute Gasteiger partial charge is 0.324 e. The summed E-state index contributed by atoms with van der Waals surface area (Å²) in [5.41, 5.74) is 6.05. The molecule has 2 heteroatoms. The lowest BCUT2D eigenvalue weighted by molar-refractivity contribution is -0.124. The summed E-state index contributed by atoms with van der Waals surface area (Å²) >= 11 is 0. The third-order valence-corrected chi connectivity index (χ3v) is 3.69. The Kier molecular flexibility index (Phi) is 2.48. The van der Waals surface area contributed by atoms with E-state index in [9.17, 15) is 4.79 Å². The van der Waals surface area contributed by atoms with Crippen molar-refractivity contribution in [3.05, 3.63) is 12.2 Å². The number of carbonyl (C=O) groups is 1. The fraction of sp³-hybridized carbons (Fsp3) is 0.750. The van der Waals surface area contributed by atoms with Crippen LogP contribution >= 0.6 is 0 Å². The molecule has 0 aromatic carbocycles. The second-order valence-electron chi connectivity index (χ2n) is 5.20. The number of ketones is 1. The lowest BCUT2D eigenvalue weighted by atomic mass is 9.66. The van der Waals surface area contributed by atoms with Gasteiger partial charge >= 0.3 is 0 Å². The van der Waals surface area contributed by atoms with Crippen LogP contribution in [0.4, 0.5) is 0 Å². The fourth-order valence-electron chi connectivity index (χ4n) is 2.47. The topological polar surface area (TPSA) is 43.1 Å². The van der Waals surface area contributed by atoms with Gasteiger partial charge in [-0.25, -0.2) is 0 Å². The van der Waals surface area contributed by atoms with Gasteiger partial charge in [-0.3, -0.25) is 4.79 Å². The summed E-state index contributed by atoms with van der Waals surface area (Å²) in [6.45, 7) is 2.23. The molecule has 2 rings (SSSR count). The molecule has 14 heavy (non-hydrogen) atoms. The number of nitrogens with two attached hydrogens (primary N) is 1. The highest BCUT2D eigenvalue weighted by molar-refractivity contribution is 5.84. The van der Waals surface area contributed by atoms with E-state index in [-0.39, 0.29) is 12.0 Å². The van der Waals surface area contributed by atoms with Crippen LogP contribution in [0.15, 0.2) is 12.2 Å². The molecule has 0 aromatic rings. The van der Waals surface area contributed by atoms with Crippen molar-refractivity contribution in [1.82, 2.24) is 0 Å². The molecule has 2 N–H and O–H groups in total. The van der Waals surface area contributed by atoms with Gasteiger partial charge in [0, 0.05) is 18.4 Å². The lowest BCUT2D eigenvalue weighted by Gasteiger charge is -2.38. The maximum Gasteiger partial charge on any atom is 0.140 e. The van der Waals surface area contributed by atoms with Crippen molar-refractivity contribution in [1.29, 1.82) is 0 Å². The summed E-state index contributed by atoms with van der Waals surface area (Å²) in [5, 5.41) is 0. The molecule has 1 fully saturated rings. The van der Waals surface area contributed by atoms with E-state index < -0.39 is 0 Å². The highest BCUT2D eigenvalue weighted by Crippen LogP contribution is 2.44. The van der Waals surface area contributed by atoms with Crippen molar-refractivity contribution in [2.24, 2.45) is 17.1 Å². The highest BCUT2D eigenvalue weighted by atomic mass is 16.1. The molecule has 0 radical (unpaired) electrons. The summed E-state index contributed by atoms with van der Waals surface area (Å²) in [6, 6.07) is 0.109. The predicted octanol–water partition coefficient (Wildman–Crippen LogP) is 2.04. The molecule has 1 saturated carbocycles. The summed E-state index contributed by atoms with van der Waals surface area (Å²) in [6.07, 6.45) is 9.29. The van der Waals surface area contributed by atoms with Crippen molar-refractivity contribution < 1.29 is 4.79 Å². The number of allylic oxidation sites excluding steroid dienone is 1. The Labute approximate surface area is 85.6 Å². The fourth-order valence-corrected chi connectivity index (χ4v) is 2.47. The molecule has 0 saturated heterocycles. The van der Waals surface area contributed by atoms with Crippen molar-refractivity contribution in [2.75, 3.05) is 0 Å². The second-order valence-corrected chi connectivity index (χ2v) is 5.20. The van der Waals surface area contributed by atoms with Gasteiger partial charge in [0.15, 0.2) is 0 Å². The van der Waals surface area contributed by atoms with E-state index in [1.165, 1.54) is 19.3 Å². The molecule has 2 nitrogen and oxygen atoms in total. The zero-order valence-corrected chi connectivity index (χ0v) is 8.83. The molecule has 0 heterocycles. The molecule has 0 amide bonds. The highest BCUT2D eigenvalue weighted by Gasteiger charge is 2.36. The molecule has 78 valence electrons. The van der Waals surface area contributed by atoms with Crippen molar-refractivity contribution >= 4 is 5.78 Å². The standard InChI is InChI=1S/C12H19NO/c1-12(5-2-6-12)8-11(14)9-3-4-10(13)7-9/h3-4,9-10H,2,5-8,13H2,1H3. The van der Waals surface area contributed by atoms with Gasteiger partial charge in [0.1, 0.15) is 5.78 Å². The summed E-state index contributed by atoms with van der Waals surface area (Å²) < 4.78 is 0. The van der Waals surface area contributed by atoms with Crippen LogP contribution < -0.4 is 5.73 Å². The van der Waals surface area contributed by atoms with Crippen molar-refractivity contribution in [2.45, 2.75) is 45.1 Å². The predicted molar refractivity (Wildman–Crippen MR) is 56.8 cm³/mol. The molecule has 0 aliphatic heterocycles. The van der Waals surface area contributed by atoms with Crippen molar-refractivity contribution in [3.8, 4) is 0 Å². The SMILES string of the molecule is CC1(CC(=O)C2C=CC(N)C2)CCC1. The first-order valence-electron chi connectivity index (χ1n) is 5.56. The Hall–Kier alpha value is -0.630. The summed E-state index contributed by atoms with van der Waals surface area (Å²) in [7, 11) is 0. The van der Waals surface area contributed by atoms with E-state index in [0.29, 0.717) is 11.2 Å². The van der Waals surface area contributed by atoms with Gasteiger partial charge in [0.05, 0.1) is 0 Å². The van der Waals surface area contributed by atoms with Crippen LogP contribution in [0, 0.1) is 11.3 Å². The first-order chi connectivity index (χ1) is 6.59. The number of hydrogen-bond donors (Lipinski definition) is 1. The molecular weight excluding hydrogens is 174 g/mol. The van der Waals surface area contributed by atoms with E-state index in [1.807, 2.05) is 12.2 Å². The van der Waals surface area contributed by atoms with Gasteiger partial charge in [0.2, 0.25) is 0 Å².